The van der Waals surface area contributed by atoms with Gasteiger partial charge in [0.05, 0.1) is 0 Å². The van der Waals surface area contributed by atoms with Gasteiger partial charge in [-0.3, -0.25) is 9.59 Å². The molecule has 0 fully saturated rings. The molecule has 2 aromatic carbocycles. The summed E-state index contributed by atoms with van der Waals surface area (Å²) in [6.45, 7) is 2.42. The largest absolute Gasteiger partial charge is 0.355 e. The molecular weight excluding hydrogens is 382 g/mol. The fourth-order valence-electron chi connectivity index (χ4n) is 2.59. The fourth-order valence-corrected chi connectivity index (χ4v) is 2.86. The Balaban J connectivity index is 1.93. The standard InChI is InChI=1S/C19H22BrN3O2/c1-3-17(13-7-9-15(20)10-8-13)22-12-18(24)23-16-6-4-5-14(11-16)19(25)21-2/h4-11,17,22H,3,12H2,1-2H3,(H,21,25)(H,23,24)/p+1/t17-/m0/s1. The molecule has 0 spiro atoms. The Hall–Kier alpha value is -2.18. The number of hydrogen-bond donors (Lipinski definition) is 3. The van der Waals surface area contributed by atoms with Crippen molar-refractivity contribution >= 4 is 33.4 Å². The summed E-state index contributed by atoms with van der Waals surface area (Å²) in [6, 6.07) is 15.3. The van der Waals surface area contributed by atoms with E-state index in [0.29, 0.717) is 17.8 Å². The molecule has 4 N–H and O–H groups in total. The normalized spacial score (nSPS) is 11.6. The zero-order valence-corrected chi connectivity index (χ0v) is 16.0. The molecular formula is C19H23BrN3O2+. The van der Waals surface area contributed by atoms with Crippen molar-refractivity contribution in [1.29, 1.82) is 0 Å². The lowest BCUT2D eigenvalue weighted by Gasteiger charge is -2.14. The Morgan fingerprint density at radius 1 is 1.16 bits per heavy atom. The first kappa shape index (κ1) is 19.1. The Bertz CT molecular complexity index is 732. The molecule has 2 rings (SSSR count). The summed E-state index contributed by atoms with van der Waals surface area (Å²) in [7, 11) is 1.58. The molecule has 6 heteroatoms. The van der Waals surface area contributed by atoms with E-state index in [1.165, 1.54) is 5.56 Å². The minimum absolute atomic E-state index is 0.0929. The Kier molecular flexibility index (Phi) is 7.16. The molecule has 0 radical (unpaired) electrons. The van der Waals surface area contributed by atoms with E-state index >= 15 is 0 Å². The molecule has 0 saturated carbocycles. The molecule has 25 heavy (non-hydrogen) atoms. The lowest BCUT2D eigenvalue weighted by atomic mass is 10.0. The lowest BCUT2D eigenvalue weighted by Crippen LogP contribution is -2.87. The van der Waals surface area contributed by atoms with Gasteiger partial charge in [-0.25, -0.2) is 0 Å². The third-order valence-corrected chi connectivity index (χ3v) is 4.49. The van der Waals surface area contributed by atoms with Crippen LogP contribution in [0, 0.1) is 0 Å². The average molecular weight is 405 g/mol. The van der Waals surface area contributed by atoms with Crippen LogP contribution in [0.1, 0.15) is 35.3 Å². The molecule has 5 nitrogen and oxygen atoms in total. The second kappa shape index (κ2) is 9.34. The predicted molar refractivity (Wildman–Crippen MR) is 102 cm³/mol. The first-order valence-corrected chi connectivity index (χ1v) is 9.03. The van der Waals surface area contributed by atoms with Gasteiger partial charge in [-0.05, 0) is 30.3 Å². The van der Waals surface area contributed by atoms with Gasteiger partial charge < -0.3 is 16.0 Å². The summed E-state index contributed by atoms with van der Waals surface area (Å²) in [6.07, 6.45) is 0.932. The van der Waals surface area contributed by atoms with Crippen LogP contribution in [0.25, 0.3) is 0 Å². The highest BCUT2D eigenvalue weighted by Gasteiger charge is 2.15. The molecule has 2 amide bonds. The van der Waals surface area contributed by atoms with E-state index in [4.69, 9.17) is 0 Å². The van der Waals surface area contributed by atoms with E-state index in [1.807, 2.05) is 17.4 Å². The van der Waals surface area contributed by atoms with Gasteiger partial charge in [-0.15, -0.1) is 0 Å². The second-order valence-corrected chi connectivity index (χ2v) is 6.63. The number of carbonyl (C=O) groups is 2. The summed E-state index contributed by atoms with van der Waals surface area (Å²) in [4.78, 5) is 23.9. The lowest BCUT2D eigenvalue weighted by molar-refractivity contribution is -0.686. The molecule has 2 aromatic rings. The van der Waals surface area contributed by atoms with Crippen LogP contribution in [-0.2, 0) is 4.79 Å². The topological polar surface area (TPSA) is 74.8 Å². The van der Waals surface area contributed by atoms with E-state index in [2.05, 4.69) is 45.6 Å². The van der Waals surface area contributed by atoms with Crippen molar-refractivity contribution in [1.82, 2.24) is 5.32 Å². The molecule has 0 aliphatic rings. The summed E-state index contributed by atoms with van der Waals surface area (Å²) in [5.41, 5.74) is 2.34. The first-order valence-electron chi connectivity index (χ1n) is 8.24. The van der Waals surface area contributed by atoms with Crippen molar-refractivity contribution in [2.75, 3.05) is 18.9 Å². The van der Waals surface area contributed by atoms with Crippen LogP contribution in [-0.4, -0.2) is 25.4 Å². The third-order valence-electron chi connectivity index (χ3n) is 3.96. The van der Waals surface area contributed by atoms with E-state index in [-0.39, 0.29) is 17.9 Å². The summed E-state index contributed by atoms with van der Waals surface area (Å²) in [5, 5.41) is 7.44. The van der Waals surface area contributed by atoms with Crippen molar-refractivity contribution in [3.63, 3.8) is 0 Å². The van der Waals surface area contributed by atoms with Crippen LogP contribution < -0.4 is 16.0 Å². The number of benzene rings is 2. The quantitative estimate of drug-likeness (QED) is 0.662. The molecule has 0 aliphatic carbocycles. The van der Waals surface area contributed by atoms with Crippen LogP contribution >= 0.6 is 15.9 Å². The van der Waals surface area contributed by atoms with Gasteiger partial charge >= 0.3 is 0 Å². The van der Waals surface area contributed by atoms with Crippen LogP contribution in [0.15, 0.2) is 53.0 Å². The zero-order valence-electron chi connectivity index (χ0n) is 14.4. The number of carbonyl (C=O) groups excluding carboxylic acids is 2. The van der Waals surface area contributed by atoms with Crippen LogP contribution in [0.2, 0.25) is 0 Å². The monoisotopic (exact) mass is 404 g/mol. The molecule has 0 aliphatic heterocycles. The Labute approximate surface area is 156 Å². The highest BCUT2D eigenvalue weighted by molar-refractivity contribution is 9.10. The average Bonchev–Trinajstić information content (AvgIpc) is 2.63. The summed E-state index contributed by atoms with van der Waals surface area (Å²) >= 11 is 3.43. The van der Waals surface area contributed by atoms with Crippen molar-refractivity contribution in [3.05, 3.63) is 64.1 Å². The smallest absolute Gasteiger partial charge is 0.279 e. The molecule has 0 unspecified atom stereocenters. The van der Waals surface area contributed by atoms with Gasteiger partial charge in [0.15, 0.2) is 6.54 Å². The van der Waals surface area contributed by atoms with Gasteiger partial charge in [-0.2, -0.15) is 0 Å². The Morgan fingerprint density at radius 2 is 1.88 bits per heavy atom. The number of halogens is 1. The Morgan fingerprint density at radius 3 is 2.52 bits per heavy atom. The van der Waals surface area contributed by atoms with Gasteiger partial charge in [0.25, 0.3) is 11.8 Å². The molecule has 0 aromatic heterocycles. The second-order valence-electron chi connectivity index (χ2n) is 5.71. The predicted octanol–water partition coefficient (Wildman–Crippen LogP) is 2.46. The highest BCUT2D eigenvalue weighted by atomic mass is 79.9. The molecule has 1 atom stereocenters. The van der Waals surface area contributed by atoms with Crippen molar-refractivity contribution in [2.45, 2.75) is 19.4 Å². The summed E-state index contributed by atoms with van der Waals surface area (Å²) < 4.78 is 1.04. The van der Waals surface area contributed by atoms with E-state index in [9.17, 15) is 9.59 Å². The first-order chi connectivity index (χ1) is 12.0. The van der Waals surface area contributed by atoms with E-state index in [1.54, 1.807) is 31.3 Å². The van der Waals surface area contributed by atoms with Crippen molar-refractivity contribution in [3.8, 4) is 0 Å². The van der Waals surface area contributed by atoms with Gasteiger partial charge in [0.2, 0.25) is 0 Å². The minimum Gasteiger partial charge on any atom is -0.355 e. The minimum atomic E-state index is -0.177. The van der Waals surface area contributed by atoms with E-state index < -0.39 is 0 Å². The number of anilines is 1. The maximum absolute atomic E-state index is 12.2. The van der Waals surface area contributed by atoms with Gasteiger partial charge in [0.1, 0.15) is 6.04 Å². The highest BCUT2D eigenvalue weighted by Crippen LogP contribution is 2.16. The van der Waals surface area contributed by atoms with Gasteiger partial charge in [-0.1, -0.05) is 41.1 Å². The van der Waals surface area contributed by atoms with Crippen LogP contribution in [0.3, 0.4) is 0 Å². The number of nitrogens with one attached hydrogen (secondary N) is 2. The maximum Gasteiger partial charge on any atom is 0.279 e. The molecule has 0 bridgehead atoms. The number of nitrogens with two attached hydrogens (primary N) is 1. The van der Waals surface area contributed by atoms with Crippen LogP contribution in [0.5, 0.6) is 0 Å². The van der Waals surface area contributed by atoms with Crippen molar-refractivity contribution in [2.24, 2.45) is 0 Å². The third kappa shape index (κ3) is 5.69. The van der Waals surface area contributed by atoms with Crippen molar-refractivity contribution < 1.29 is 14.9 Å². The van der Waals surface area contributed by atoms with Gasteiger partial charge in [0, 0.05) is 34.8 Å². The zero-order chi connectivity index (χ0) is 18.2. The fraction of sp³-hybridized carbons (Fsp3) is 0.263. The van der Waals surface area contributed by atoms with E-state index in [0.717, 1.165) is 10.9 Å². The number of amides is 2. The summed E-state index contributed by atoms with van der Waals surface area (Å²) in [5.74, 6) is -0.270. The number of hydrogen-bond acceptors (Lipinski definition) is 2. The van der Waals surface area contributed by atoms with Crippen LogP contribution in [0.4, 0.5) is 5.69 Å². The molecule has 0 heterocycles. The number of quaternary nitrogens is 1. The molecule has 0 saturated heterocycles. The SMILES string of the molecule is CC[C@H]([NH2+]CC(=O)Nc1cccc(C(=O)NC)c1)c1ccc(Br)cc1. The number of rotatable bonds is 7. The molecule has 132 valence electrons. The maximum atomic E-state index is 12.2.